The summed E-state index contributed by atoms with van der Waals surface area (Å²) in [6.45, 7) is 13.5. The van der Waals surface area contributed by atoms with Crippen molar-refractivity contribution < 1.29 is 23.3 Å². The summed E-state index contributed by atoms with van der Waals surface area (Å²) in [5.41, 5.74) is 8.77. The molecule has 9 rings (SSSR count). The zero-order valence-electron chi connectivity index (χ0n) is 36.9. The van der Waals surface area contributed by atoms with Crippen molar-refractivity contribution in [1.82, 2.24) is 40.6 Å². The minimum Gasteiger partial charge on any atom is -0.371 e. The first kappa shape index (κ1) is 42.8. The van der Waals surface area contributed by atoms with Crippen molar-refractivity contribution >= 4 is 40.3 Å². The van der Waals surface area contributed by atoms with Crippen LogP contribution in [0.1, 0.15) is 98.4 Å². The lowest BCUT2D eigenvalue weighted by molar-refractivity contribution is -0.120. The molecule has 3 saturated heterocycles. The van der Waals surface area contributed by atoms with Crippen LogP contribution in [0.25, 0.3) is 33.5 Å². The van der Waals surface area contributed by atoms with Gasteiger partial charge in [-0.3, -0.25) is 19.8 Å². The highest BCUT2D eigenvalue weighted by molar-refractivity contribution is 6.05. The quantitative estimate of drug-likeness (QED) is 0.115. The van der Waals surface area contributed by atoms with Gasteiger partial charge in [0.25, 0.3) is 0 Å². The molecule has 3 aromatic heterocycles. The summed E-state index contributed by atoms with van der Waals surface area (Å²) < 4.78 is 20.3. The third-order valence-electron chi connectivity index (χ3n) is 13.2. The predicted octanol–water partition coefficient (Wildman–Crippen LogP) is 8.28. The second kappa shape index (κ2) is 17.9. The minimum atomic E-state index is -0.576. The first-order chi connectivity index (χ1) is 30.9. The number of aryl methyl sites for hydroxylation is 1. The summed E-state index contributed by atoms with van der Waals surface area (Å²) in [6, 6.07) is 21.7. The maximum atomic E-state index is 15.1. The Balaban J connectivity index is 0.745. The fourth-order valence-corrected chi connectivity index (χ4v) is 9.21. The maximum Gasteiger partial charge on any atom is 0.328 e. The average molecular weight is 867 g/mol. The van der Waals surface area contributed by atoms with Crippen molar-refractivity contribution in [2.24, 2.45) is 5.92 Å². The Kier molecular flexibility index (Phi) is 12.0. The van der Waals surface area contributed by atoms with Gasteiger partial charge in [0.15, 0.2) is 5.82 Å². The number of likely N-dealkylation sites (tertiary alicyclic amines) is 1. The molecule has 0 saturated carbocycles. The van der Waals surface area contributed by atoms with Crippen molar-refractivity contribution in [1.29, 1.82) is 0 Å². The van der Waals surface area contributed by atoms with Crippen molar-refractivity contribution in [2.45, 2.75) is 84.1 Å². The van der Waals surface area contributed by atoms with Crippen molar-refractivity contribution in [3.05, 3.63) is 107 Å². The number of carbonyl (C=O) groups is 3. The minimum absolute atomic E-state index is 0.0459. The molecule has 0 bridgehead atoms. The number of rotatable bonds is 11. The van der Waals surface area contributed by atoms with Crippen LogP contribution in [-0.4, -0.2) is 87.1 Å². The fraction of sp³-hybridized carbons (Fsp3) is 0.408. The summed E-state index contributed by atoms with van der Waals surface area (Å²) in [7, 11) is 0. The van der Waals surface area contributed by atoms with Gasteiger partial charge in [-0.25, -0.2) is 19.2 Å². The molecule has 3 fully saturated rings. The normalized spacial score (nSPS) is 17.0. The number of halogens is 1. The van der Waals surface area contributed by atoms with E-state index in [4.69, 9.17) is 4.52 Å². The summed E-state index contributed by atoms with van der Waals surface area (Å²) in [5.74, 6) is 0.437. The van der Waals surface area contributed by atoms with Crippen molar-refractivity contribution in [3.8, 4) is 22.5 Å². The average Bonchev–Trinajstić information content (AvgIpc) is 3.98. The molecule has 6 heterocycles. The van der Waals surface area contributed by atoms with Gasteiger partial charge in [-0.05, 0) is 123 Å². The number of nitrogens with one attached hydrogen (secondary N) is 3. The monoisotopic (exact) mass is 866 g/mol. The highest BCUT2D eigenvalue weighted by Crippen LogP contribution is 2.35. The van der Waals surface area contributed by atoms with Gasteiger partial charge in [0.05, 0.1) is 11.4 Å². The van der Waals surface area contributed by atoms with E-state index >= 15 is 4.39 Å². The van der Waals surface area contributed by atoms with Crippen LogP contribution in [0, 0.1) is 18.7 Å². The van der Waals surface area contributed by atoms with Crippen molar-refractivity contribution in [3.63, 3.8) is 0 Å². The Morgan fingerprint density at radius 2 is 1.67 bits per heavy atom. The number of H-pyrrole nitrogens is 1. The maximum absolute atomic E-state index is 15.1. The number of aromatic nitrogens is 5. The van der Waals surface area contributed by atoms with E-state index in [1.54, 1.807) is 12.4 Å². The smallest absolute Gasteiger partial charge is 0.328 e. The Morgan fingerprint density at radius 3 is 2.38 bits per heavy atom. The third kappa shape index (κ3) is 9.26. The molecule has 4 amide bonds. The molecule has 3 aliphatic heterocycles. The van der Waals surface area contributed by atoms with Gasteiger partial charge in [-0.15, -0.1) is 0 Å². The lowest BCUT2D eigenvalue weighted by atomic mass is 9.88. The summed E-state index contributed by atoms with van der Waals surface area (Å²) >= 11 is 0. The Bertz CT molecular complexity index is 2670. The van der Waals surface area contributed by atoms with Gasteiger partial charge in [-0.1, -0.05) is 62.3 Å². The van der Waals surface area contributed by atoms with Gasteiger partial charge in [0.2, 0.25) is 5.91 Å². The van der Waals surface area contributed by atoms with Gasteiger partial charge >= 0.3 is 17.8 Å². The third-order valence-corrected chi connectivity index (χ3v) is 13.2. The predicted molar refractivity (Wildman–Crippen MR) is 244 cm³/mol. The number of fused-ring (bicyclic) bond motifs is 1. The number of hydrogen-bond donors (Lipinski definition) is 3. The second-order valence-corrected chi connectivity index (χ2v) is 18.5. The highest BCUT2D eigenvalue weighted by Gasteiger charge is 2.29. The first-order valence-corrected chi connectivity index (χ1v) is 22.4. The zero-order chi connectivity index (χ0) is 44.5. The van der Waals surface area contributed by atoms with Crippen LogP contribution in [0.3, 0.4) is 0 Å². The van der Waals surface area contributed by atoms with E-state index in [1.807, 2.05) is 45.9 Å². The number of benzene rings is 3. The largest absolute Gasteiger partial charge is 0.371 e. The fourth-order valence-electron chi connectivity index (χ4n) is 9.21. The summed E-state index contributed by atoms with van der Waals surface area (Å²) in [4.78, 5) is 59.6. The van der Waals surface area contributed by atoms with Crippen LogP contribution >= 0.6 is 0 Å². The molecule has 0 spiro atoms. The van der Waals surface area contributed by atoms with Crippen LogP contribution < -0.4 is 20.4 Å². The number of hydrogen-bond acceptors (Lipinski definition) is 10. The van der Waals surface area contributed by atoms with Crippen molar-refractivity contribution in [2.75, 3.05) is 49.1 Å². The molecular formula is C49H55FN10O4. The van der Waals surface area contributed by atoms with E-state index in [0.29, 0.717) is 24.2 Å². The Hall–Kier alpha value is -6.48. The standard InChI is InChI=1S/C49H55FN10O4/c1-30-25-35(9-10-36(30)28-51-45(62)46-56-47(57-64-46)49(2,3)4)43-38-27-40(54-44(38)53-29-52-43)34-7-5-32(6-8-34)33-16-20-58(21-17-33)19-13-31-14-22-59(23-15-31)37-11-12-41(39(50)26-37)60-24-18-42(61)55-48(60)63/h5-12,25-27,29,31,33H,13-24,28H2,1-4H3,(H,51,62)(H,52,53,54)(H,55,61,63). The molecule has 15 heteroatoms. The van der Waals surface area contributed by atoms with E-state index in [-0.39, 0.29) is 35.9 Å². The lowest BCUT2D eigenvalue weighted by Gasteiger charge is -2.36. The molecule has 332 valence electrons. The molecular weight excluding hydrogens is 812 g/mol. The van der Waals surface area contributed by atoms with Gasteiger partial charge < -0.3 is 24.6 Å². The van der Waals surface area contributed by atoms with Crippen LogP contribution in [0.5, 0.6) is 0 Å². The number of piperidine rings is 2. The van der Waals surface area contributed by atoms with Gasteiger partial charge in [0.1, 0.15) is 17.8 Å². The molecule has 64 heavy (non-hydrogen) atoms. The topological polar surface area (TPSA) is 165 Å². The zero-order valence-corrected chi connectivity index (χ0v) is 36.9. The highest BCUT2D eigenvalue weighted by atomic mass is 19.1. The van der Waals surface area contributed by atoms with Crippen LogP contribution in [0.4, 0.5) is 20.6 Å². The molecule has 0 atom stereocenters. The molecule has 6 aromatic rings. The second-order valence-electron chi connectivity index (χ2n) is 18.5. The molecule has 3 aromatic carbocycles. The van der Waals surface area contributed by atoms with E-state index in [9.17, 15) is 14.4 Å². The number of carbonyl (C=O) groups excluding carboxylic acids is 3. The number of nitrogens with zero attached hydrogens (tertiary/aromatic N) is 7. The molecule has 3 N–H and O–H groups in total. The Morgan fingerprint density at radius 1 is 0.906 bits per heavy atom. The lowest BCUT2D eigenvalue weighted by Crippen LogP contribution is -2.49. The van der Waals surface area contributed by atoms with Crippen LogP contribution in [0.15, 0.2) is 77.6 Å². The number of amides is 4. The molecule has 0 unspecified atom stereocenters. The van der Waals surface area contributed by atoms with E-state index in [2.05, 4.69) is 81.9 Å². The number of imide groups is 1. The first-order valence-electron chi connectivity index (χ1n) is 22.4. The summed E-state index contributed by atoms with van der Waals surface area (Å²) in [5, 5.41) is 10.1. The Labute approximate surface area is 372 Å². The van der Waals surface area contributed by atoms with Gasteiger partial charge in [-0.2, -0.15) is 4.98 Å². The molecule has 0 aliphatic carbocycles. The van der Waals surface area contributed by atoms with Gasteiger partial charge in [0, 0.05) is 60.3 Å². The number of anilines is 2. The van der Waals surface area contributed by atoms with E-state index < -0.39 is 17.8 Å². The van der Waals surface area contributed by atoms with Crippen LogP contribution in [0.2, 0.25) is 0 Å². The molecule has 3 aliphatic rings. The number of urea groups is 1. The SMILES string of the molecule is Cc1cc(-c2ncnc3[nH]c(-c4ccc(C5CCN(CCC6CCN(c7ccc(N8CCC(=O)NC8=O)c(F)c7)CC6)CC5)cc4)cc23)ccc1CNC(=O)c1nc(C(C)(C)C)no1. The summed E-state index contributed by atoms with van der Waals surface area (Å²) in [6.07, 6.45) is 7.36. The molecule has 14 nitrogen and oxygen atoms in total. The number of aromatic amines is 1. The van der Waals surface area contributed by atoms with E-state index in [1.165, 1.54) is 23.0 Å². The molecule has 0 radical (unpaired) electrons. The van der Waals surface area contributed by atoms with Crippen LogP contribution in [-0.2, 0) is 16.8 Å². The van der Waals surface area contributed by atoms with E-state index in [0.717, 1.165) is 109 Å².